The minimum atomic E-state index is -0.312. The van der Waals surface area contributed by atoms with Gasteiger partial charge in [0.25, 0.3) is 0 Å². The van der Waals surface area contributed by atoms with E-state index in [-0.39, 0.29) is 18.2 Å². The van der Waals surface area contributed by atoms with Crippen LogP contribution in [0.15, 0.2) is 48.9 Å². The molecule has 28 heavy (non-hydrogen) atoms. The first kappa shape index (κ1) is 19.6. The van der Waals surface area contributed by atoms with Gasteiger partial charge in [-0.25, -0.2) is 9.37 Å². The number of hydrogen-bond donors (Lipinski definition) is 0. The Morgan fingerprint density at radius 2 is 1.86 bits per heavy atom. The van der Waals surface area contributed by atoms with Crippen LogP contribution in [-0.4, -0.2) is 18.6 Å². The second kappa shape index (κ2) is 8.23. The molecular formula is C20H17F2N5S. The quantitative estimate of drug-likeness (QED) is 0.452. The van der Waals surface area contributed by atoms with E-state index < -0.39 is 0 Å². The van der Waals surface area contributed by atoms with E-state index in [2.05, 4.69) is 16.2 Å². The first-order valence-electron chi connectivity index (χ1n) is 8.63. The highest BCUT2D eigenvalue weighted by atomic mass is 32.2. The molecule has 0 saturated heterocycles. The van der Waals surface area contributed by atoms with E-state index in [1.54, 1.807) is 41.9 Å². The van der Waals surface area contributed by atoms with Crippen LogP contribution in [0.3, 0.4) is 0 Å². The molecule has 4 aromatic rings. The number of nitrogens with zero attached hydrogens (tertiary/aromatic N) is 5. The second-order valence-corrected chi connectivity index (χ2v) is 6.24. The summed E-state index contributed by atoms with van der Waals surface area (Å²) in [5.41, 5.74) is 4.12. The average Bonchev–Trinajstić information content (AvgIpc) is 3.35. The van der Waals surface area contributed by atoms with Gasteiger partial charge >= 0.3 is 0 Å². The molecule has 0 aliphatic carbocycles. The average molecular weight is 397 g/mol. The van der Waals surface area contributed by atoms with Crippen molar-refractivity contribution in [3.8, 4) is 28.5 Å². The highest BCUT2D eigenvalue weighted by Crippen LogP contribution is 2.33. The molecule has 0 spiro atoms. The summed E-state index contributed by atoms with van der Waals surface area (Å²) in [6, 6.07) is 10.3. The summed E-state index contributed by atoms with van der Waals surface area (Å²) in [7, 11) is 0. The van der Waals surface area contributed by atoms with Crippen molar-refractivity contribution in [3.05, 3.63) is 66.0 Å². The van der Waals surface area contributed by atoms with E-state index in [0.717, 1.165) is 9.65 Å². The van der Waals surface area contributed by atoms with Crippen LogP contribution < -0.4 is 0 Å². The summed E-state index contributed by atoms with van der Waals surface area (Å²) in [5.74, 6) is -0.312. The number of benzene rings is 1. The van der Waals surface area contributed by atoms with Crippen LogP contribution in [0.4, 0.5) is 8.28 Å². The Bertz CT molecular complexity index is 1170. The molecule has 8 heteroatoms. The molecule has 4 rings (SSSR count). The van der Waals surface area contributed by atoms with Gasteiger partial charge in [0.05, 0.1) is 6.20 Å². The largest absolute Gasteiger partial charge is 0.291 e. The van der Waals surface area contributed by atoms with Gasteiger partial charge < -0.3 is 0 Å². The number of imidazole rings is 1. The van der Waals surface area contributed by atoms with Gasteiger partial charge in [-0.05, 0) is 42.8 Å². The summed E-state index contributed by atoms with van der Waals surface area (Å²) >= 11 is -0.0266. The summed E-state index contributed by atoms with van der Waals surface area (Å²) in [6.07, 6.45) is 4.80. The Hall–Kier alpha value is -3.18. The Morgan fingerprint density at radius 3 is 2.54 bits per heavy atom. The fourth-order valence-electron chi connectivity index (χ4n) is 2.83. The number of halogens is 2. The van der Waals surface area contributed by atoms with Crippen molar-refractivity contribution in [2.24, 2.45) is 0 Å². The maximum absolute atomic E-state index is 13.6. The van der Waals surface area contributed by atoms with Gasteiger partial charge in [-0.2, -0.15) is 14.4 Å². The molecule has 0 N–H and O–H groups in total. The van der Waals surface area contributed by atoms with Gasteiger partial charge in [-0.15, -0.1) is 3.89 Å². The van der Waals surface area contributed by atoms with E-state index >= 15 is 0 Å². The molecule has 1 aromatic carbocycles. The van der Waals surface area contributed by atoms with Gasteiger partial charge in [-0.3, -0.25) is 4.40 Å². The molecule has 0 unspecified atom stereocenters. The van der Waals surface area contributed by atoms with Gasteiger partial charge in [0.15, 0.2) is 12.3 Å². The molecule has 0 saturated carbocycles. The number of aryl methyl sites for hydroxylation is 1. The van der Waals surface area contributed by atoms with Crippen molar-refractivity contribution in [3.63, 3.8) is 0 Å². The maximum Gasteiger partial charge on any atom is 0.187 e. The lowest BCUT2D eigenvalue weighted by atomic mass is 10.0. The predicted octanol–water partition coefficient (Wildman–Crippen LogP) is 5.59. The lowest BCUT2D eigenvalue weighted by molar-refractivity contribution is 0.618. The van der Waals surface area contributed by atoms with Crippen LogP contribution >= 0.6 is 12.3 Å². The Balaban J connectivity index is 0.00000109. The van der Waals surface area contributed by atoms with Gasteiger partial charge in [-0.1, -0.05) is 13.8 Å². The molecule has 5 nitrogen and oxygen atoms in total. The number of hydrogen-bond acceptors (Lipinski definition) is 4. The van der Waals surface area contributed by atoms with E-state index in [9.17, 15) is 13.5 Å². The zero-order chi connectivity index (χ0) is 20.3. The molecule has 0 bridgehead atoms. The van der Waals surface area contributed by atoms with E-state index in [4.69, 9.17) is 0 Å². The molecular weight excluding hydrogens is 380 g/mol. The lowest BCUT2D eigenvalue weighted by Crippen LogP contribution is -1.91. The molecule has 0 atom stereocenters. The normalized spacial score (nSPS) is 10.4. The summed E-state index contributed by atoms with van der Waals surface area (Å²) < 4.78 is 29.5. The predicted molar refractivity (Wildman–Crippen MR) is 107 cm³/mol. The highest BCUT2D eigenvalue weighted by molar-refractivity contribution is 7.92. The fourth-order valence-corrected chi connectivity index (χ4v) is 3.09. The molecule has 3 aromatic heterocycles. The van der Waals surface area contributed by atoms with Crippen molar-refractivity contribution in [1.29, 1.82) is 5.26 Å². The van der Waals surface area contributed by atoms with Crippen molar-refractivity contribution < 1.29 is 8.28 Å². The molecule has 142 valence electrons. The van der Waals surface area contributed by atoms with Crippen LogP contribution in [0.1, 0.15) is 25.1 Å². The van der Waals surface area contributed by atoms with Crippen LogP contribution in [0.2, 0.25) is 0 Å². The Morgan fingerprint density at radius 1 is 1.11 bits per heavy atom. The highest BCUT2D eigenvalue weighted by Gasteiger charge is 2.16. The third kappa shape index (κ3) is 3.49. The Kier molecular flexibility index (Phi) is 5.76. The number of aromatic nitrogens is 4. The molecule has 0 amide bonds. The van der Waals surface area contributed by atoms with Gasteiger partial charge in [0.1, 0.15) is 28.9 Å². The van der Waals surface area contributed by atoms with Gasteiger partial charge in [0, 0.05) is 29.1 Å². The Labute approximate surface area is 165 Å². The number of nitriles is 1. The fraction of sp³-hybridized carbons (Fsp3) is 0.150. The summed E-state index contributed by atoms with van der Waals surface area (Å²) in [6.45, 7) is 5.66. The minimum Gasteiger partial charge on any atom is -0.291 e. The lowest BCUT2D eigenvalue weighted by Gasteiger charge is -2.06. The number of rotatable bonds is 3. The first-order valence-corrected chi connectivity index (χ1v) is 9.31. The molecule has 0 aliphatic rings. The van der Waals surface area contributed by atoms with Crippen LogP contribution in [0, 0.1) is 24.1 Å². The first-order chi connectivity index (χ1) is 13.6. The SMILES string of the molecule is CC.Cc1cc(-c2nn(SF)cc2-c2ccc3ncc(C#N)n3c2)ccc1F. The molecule has 0 aliphatic heterocycles. The third-order valence-electron chi connectivity index (χ3n) is 4.13. The van der Waals surface area contributed by atoms with Crippen LogP contribution in [0.5, 0.6) is 0 Å². The molecule has 0 radical (unpaired) electrons. The van der Waals surface area contributed by atoms with E-state index in [0.29, 0.717) is 33.7 Å². The van der Waals surface area contributed by atoms with Crippen LogP contribution in [-0.2, 0) is 0 Å². The zero-order valence-corrected chi connectivity index (χ0v) is 16.3. The summed E-state index contributed by atoms with van der Waals surface area (Å²) in [4.78, 5) is 4.16. The number of pyridine rings is 1. The monoisotopic (exact) mass is 397 g/mol. The van der Waals surface area contributed by atoms with Crippen LogP contribution in [0.25, 0.3) is 28.0 Å². The van der Waals surface area contributed by atoms with Crippen molar-refractivity contribution in [2.45, 2.75) is 20.8 Å². The van der Waals surface area contributed by atoms with E-state index in [1.807, 2.05) is 19.9 Å². The standard InChI is InChI=1S/C18H11F2N5S.C2H6/c1-11-6-12(2-4-16(11)19)18-15(10-25(23-18)26-20)13-3-5-17-22-8-14(7-21)24(17)9-13;1-2/h2-6,8-10H,1H3;1-2H3. The molecule has 0 fully saturated rings. The zero-order valence-electron chi connectivity index (χ0n) is 15.5. The second-order valence-electron chi connectivity index (χ2n) is 5.73. The number of fused-ring (bicyclic) bond motifs is 1. The van der Waals surface area contributed by atoms with Crippen molar-refractivity contribution in [1.82, 2.24) is 18.6 Å². The molecule has 3 heterocycles. The third-order valence-corrected chi connectivity index (χ3v) is 4.45. The summed E-state index contributed by atoms with van der Waals surface area (Å²) in [5, 5.41) is 13.5. The van der Waals surface area contributed by atoms with Crippen molar-refractivity contribution >= 4 is 18.0 Å². The smallest absolute Gasteiger partial charge is 0.187 e. The van der Waals surface area contributed by atoms with E-state index in [1.165, 1.54) is 12.3 Å². The van der Waals surface area contributed by atoms with Crippen molar-refractivity contribution in [2.75, 3.05) is 0 Å². The topological polar surface area (TPSA) is 58.9 Å². The maximum atomic E-state index is 13.6. The minimum absolute atomic E-state index is 0.0266. The van der Waals surface area contributed by atoms with Gasteiger partial charge in [0.2, 0.25) is 0 Å².